The van der Waals surface area contributed by atoms with Crippen LogP contribution in [0.25, 0.3) is 11.3 Å². The molecule has 0 aromatic carbocycles. The number of aromatic nitrogens is 5. The molecule has 4 aromatic heterocycles. The maximum atomic E-state index is 12.3. The van der Waals surface area contributed by atoms with Crippen molar-refractivity contribution in [2.24, 2.45) is 0 Å². The van der Waals surface area contributed by atoms with Gasteiger partial charge in [-0.3, -0.25) is 4.79 Å². The van der Waals surface area contributed by atoms with Gasteiger partial charge in [-0.2, -0.15) is 5.10 Å². The van der Waals surface area contributed by atoms with Crippen LogP contribution in [-0.4, -0.2) is 29.9 Å². The number of amides is 1. The summed E-state index contributed by atoms with van der Waals surface area (Å²) >= 11 is 0. The number of hydrogen-bond acceptors (Lipinski definition) is 4. The zero-order chi connectivity index (χ0) is 14.2. The average molecular weight is 278 g/mol. The van der Waals surface area contributed by atoms with Gasteiger partial charge in [0.25, 0.3) is 5.91 Å². The number of fused-ring (bicyclic) bond motifs is 2. The minimum atomic E-state index is -0.217. The Balaban J connectivity index is 1.68. The number of rotatable bonds is 2. The van der Waals surface area contributed by atoms with E-state index in [0.29, 0.717) is 16.9 Å². The van der Waals surface area contributed by atoms with Gasteiger partial charge in [-0.05, 0) is 18.2 Å². The highest BCUT2D eigenvalue weighted by Gasteiger charge is 2.11. The Hall–Kier alpha value is -3.22. The minimum Gasteiger partial charge on any atom is -0.317 e. The molecule has 0 saturated carbocycles. The third-order valence-electron chi connectivity index (χ3n) is 3.18. The van der Waals surface area contributed by atoms with Crippen molar-refractivity contribution in [1.82, 2.24) is 24.0 Å². The lowest BCUT2D eigenvalue weighted by Crippen LogP contribution is -2.12. The van der Waals surface area contributed by atoms with Gasteiger partial charge in [0.2, 0.25) is 0 Å². The van der Waals surface area contributed by atoms with Crippen molar-refractivity contribution in [3.63, 3.8) is 0 Å². The summed E-state index contributed by atoms with van der Waals surface area (Å²) in [6, 6.07) is 5.30. The SMILES string of the molecule is O=C(Nc1cnn2cccnc12)c1ccc2nccn2c1. The summed E-state index contributed by atoms with van der Waals surface area (Å²) in [6.45, 7) is 0. The molecule has 0 fully saturated rings. The average Bonchev–Trinajstić information content (AvgIpc) is 3.13. The highest BCUT2D eigenvalue weighted by atomic mass is 16.1. The quantitative estimate of drug-likeness (QED) is 0.604. The molecule has 1 N–H and O–H groups in total. The van der Waals surface area contributed by atoms with Gasteiger partial charge in [0.1, 0.15) is 11.3 Å². The van der Waals surface area contributed by atoms with Crippen molar-refractivity contribution >= 4 is 22.9 Å². The largest absolute Gasteiger partial charge is 0.317 e. The van der Waals surface area contributed by atoms with E-state index in [4.69, 9.17) is 0 Å². The number of imidazole rings is 1. The molecule has 7 heteroatoms. The molecule has 0 bridgehead atoms. The lowest BCUT2D eigenvalue weighted by Gasteiger charge is -2.03. The van der Waals surface area contributed by atoms with E-state index in [9.17, 15) is 4.79 Å². The molecule has 21 heavy (non-hydrogen) atoms. The molecule has 0 saturated heterocycles. The molecule has 4 rings (SSSR count). The molecular formula is C14H10N6O. The molecule has 0 unspecified atom stereocenters. The van der Waals surface area contributed by atoms with Crippen LogP contribution in [-0.2, 0) is 0 Å². The first kappa shape index (κ1) is 11.6. The van der Waals surface area contributed by atoms with Crippen LogP contribution in [0.3, 0.4) is 0 Å². The van der Waals surface area contributed by atoms with E-state index in [1.807, 2.05) is 0 Å². The van der Waals surface area contributed by atoms with Gasteiger partial charge in [-0.15, -0.1) is 0 Å². The first-order valence-corrected chi connectivity index (χ1v) is 6.34. The highest BCUT2D eigenvalue weighted by Crippen LogP contribution is 2.15. The number of carbonyl (C=O) groups is 1. The third-order valence-corrected chi connectivity index (χ3v) is 3.18. The summed E-state index contributed by atoms with van der Waals surface area (Å²) in [6.07, 6.45) is 10.2. The van der Waals surface area contributed by atoms with Crippen LogP contribution in [0.4, 0.5) is 5.69 Å². The number of nitrogens with zero attached hydrogens (tertiary/aromatic N) is 5. The molecule has 4 aromatic rings. The van der Waals surface area contributed by atoms with Crippen LogP contribution < -0.4 is 5.32 Å². The number of nitrogens with one attached hydrogen (secondary N) is 1. The molecular weight excluding hydrogens is 268 g/mol. The Morgan fingerprint density at radius 1 is 1.14 bits per heavy atom. The summed E-state index contributed by atoms with van der Waals surface area (Å²) in [5, 5.41) is 6.95. The van der Waals surface area contributed by atoms with Crippen LogP contribution in [0.15, 0.2) is 55.4 Å². The second kappa shape index (κ2) is 4.41. The van der Waals surface area contributed by atoms with E-state index >= 15 is 0 Å². The standard InChI is InChI=1S/C14H10N6O/c21-14(10-2-3-12-15-5-7-19(12)9-10)18-11-8-17-20-6-1-4-16-13(11)20/h1-9H,(H,18,21). The lowest BCUT2D eigenvalue weighted by atomic mass is 10.2. The summed E-state index contributed by atoms with van der Waals surface area (Å²) in [5.74, 6) is -0.217. The zero-order valence-corrected chi connectivity index (χ0v) is 10.8. The van der Waals surface area contributed by atoms with Gasteiger partial charge in [0, 0.05) is 31.0 Å². The Labute approximate surface area is 118 Å². The molecule has 0 spiro atoms. The first-order chi connectivity index (χ1) is 10.3. The van der Waals surface area contributed by atoms with Crippen LogP contribution in [0, 0.1) is 0 Å². The second-order valence-electron chi connectivity index (χ2n) is 4.51. The number of hydrogen-bond donors (Lipinski definition) is 1. The fourth-order valence-corrected chi connectivity index (χ4v) is 2.16. The van der Waals surface area contributed by atoms with E-state index in [0.717, 1.165) is 5.65 Å². The zero-order valence-electron chi connectivity index (χ0n) is 10.8. The molecule has 0 radical (unpaired) electrons. The molecule has 0 aliphatic rings. The lowest BCUT2D eigenvalue weighted by molar-refractivity contribution is 0.102. The van der Waals surface area contributed by atoms with Crippen LogP contribution in [0.1, 0.15) is 10.4 Å². The normalized spacial score (nSPS) is 11.0. The Kier molecular flexibility index (Phi) is 2.43. The smallest absolute Gasteiger partial charge is 0.257 e. The fourth-order valence-electron chi connectivity index (χ4n) is 2.16. The summed E-state index contributed by atoms with van der Waals surface area (Å²) in [7, 11) is 0. The molecule has 0 atom stereocenters. The van der Waals surface area contributed by atoms with Crippen molar-refractivity contribution in [2.45, 2.75) is 0 Å². The van der Waals surface area contributed by atoms with Crippen LogP contribution in [0.2, 0.25) is 0 Å². The monoisotopic (exact) mass is 278 g/mol. The molecule has 4 heterocycles. The van der Waals surface area contributed by atoms with Crippen molar-refractivity contribution < 1.29 is 4.79 Å². The van der Waals surface area contributed by atoms with Crippen LogP contribution >= 0.6 is 0 Å². The van der Waals surface area contributed by atoms with Gasteiger partial charge in [0.05, 0.1) is 11.8 Å². The Morgan fingerprint density at radius 2 is 2.10 bits per heavy atom. The van der Waals surface area contributed by atoms with Gasteiger partial charge < -0.3 is 9.72 Å². The highest BCUT2D eigenvalue weighted by molar-refractivity contribution is 6.05. The predicted molar refractivity (Wildman–Crippen MR) is 76.1 cm³/mol. The van der Waals surface area contributed by atoms with E-state index < -0.39 is 0 Å². The van der Waals surface area contributed by atoms with Gasteiger partial charge in [-0.1, -0.05) is 0 Å². The molecule has 102 valence electrons. The van der Waals surface area contributed by atoms with E-state index in [1.165, 1.54) is 0 Å². The summed E-state index contributed by atoms with van der Waals surface area (Å²) in [5.41, 5.74) is 2.51. The second-order valence-corrected chi connectivity index (χ2v) is 4.51. The van der Waals surface area contributed by atoms with Crippen LogP contribution in [0.5, 0.6) is 0 Å². The molecule has 1 amide bonds. The number of carbonyl (C=O) groups excluding carboxylic acids is 1. The summed E-state index contributed by atoms with van der Waals surface area (Å²) < 4.78 is 3.40. The number of pyridine rings is 1. The van der Waals surface area contributed by atoms with Gasteiger partial charge >= 0.3 is 0 Å². The Bertz CT molecular complexity index is 954. The van der Waals surface area contributed by atoms with E-state index in [2.05, 4.69) is 20.4 Å². The maximum absolute atomic E-state index is 12.3. The topological polar surface area (TPSA) is 76.6 Å². The van der Waals surface area contributed by atoms with E-state index in [1.54, 1.807) is 64.3 Å². The number of anilines is 1. The first-order valence-electron chi connectivity index (χ1n) is 6.34. The molecule has 0 aliphatic heterocycles. The molecule has 7 nitrogen and oxygen atoms in total. The Morgan fingerprint density at radius 3 is 3.05 bits per heavy atom. The third kappa shape index (κ3) is 1.91. The molecule has 0 aliphatic carbocycles. The van der Waals surface area contributed by atoms with Crippen molar-refractivity contribution in [3.05, 3.63) is 60.9 Å². The summed E-state index contributed by atoms with van der Waals surface area (Å²) in [4.78, 5) is 20.7. The fraction of sp³-hybridized carbons (Fsp3) is 0. The van der Waals surface area contributed by atoms with Gasteiger partial charge in [0.15, 0.2) is 5.65 Å². The van der Waals surface area contributed by atoms with Gasteiger partial charge in [-0.25, -0.2) is 14.5 Å². The van der Waals surface area contributed by atoms with Crippen molar-refractivity contribution in [2.75, 3.05) is 5.32 Å². The maximum Gasteiger partial charge on any atom is 0.257 e. The van der Waals surface area contributed by atoms with E-state index in [-0.39, 0.29) is 5.91 Å². The minimum absolute atomic E-state index is 0.217. The predicted octanol–water partition coefficient (Wildman–Crippen LogP) is 1.63. The van der Waals surface area contributed by atoms with Crippen molar-refractivity contribution in [1.29, 1.82) is 0 Å². The van der Waals surface area contributed by atoms with Crippen molar-refractivity contribution in [3.8, 4) is 0 Å².